The van der Waals surface area contributed by atoms with Crippen molar-refractivity contribution in [3.63, 3.8) is 0 Å². The van der Waals surface area contributed by atoms with Crippen molar-refractivity contribution in [3.8, 4) is 0 Å². The van der Waals surface area contributed by atoms with Gasteiger partial charge in [-0.3, -0.25) is 9.48 Å². The number of rotatable bonds is 5. The fraction of sp³-hybridized carbons (Fsp3) is 0.375. The van der Waals surface area contributed by atoms with Crippen LogP contribution >= 0.6 is 0 Å². The van der Waals surface area contributed by atoms with Crippen molar-refractivity contribution < 1.29 is 4.79 Å². The molecule has 1 amide bonds. The lowest BCUT2D eigenvalue weighted by atomic mass is 10.2. The van der Waals surface area contributed by atoms with Gasteiger partial charge in [-0.2, -0.15) is 5.10 Å². The molecule has 3 rings (SSSR count). The zero-order valence-corrected chi connectivity index (χ0v) is 12.2. The fourth-order valence-electron chi connectivity index (χ4n) is 2.79. The third-order valence-corrected chi connectivity index (χ3v) is 3.91. The molecule has 5 heteroatoms. The minimum atomic E-state index is -0.00182. The van der Waals surface area contributed by atoms with Gasteiger partial charge in [0.25, 0.3) is 0 Å². The number of hydrogen-bond acceptors (Lipinski definition) is 3. The van der Waals surface area contributed by atoms with E-state index in [1.54, 1.807) is 17.1 Å². The van der Waals surface area contributed by atoms with E-state index < -0.39 is 0 Å². The Balaban J connectivity index is 1.53. The van der Waals surface area contributed by atoms with Crippen LogP contribution in [0.1, 0.15) is 12.5 Å². The molecular weight excluding hydrogens is 264 g/mol. The second kappa shape index (κ2) is 5.99. The van der Waals surface area contributed by atoms with Gasteiger partial charge in [-0.15, -0.1) is 0 Å². The number of nitrogens with one attached hydrogen (secondary N) is 1. The van der Waals surface area contributed by atoms with Crippen LogP contribution in [-0.4, -0.2) is 34.8 Å². The molecule has 0 fully saturated rings. The summed E-state index contributed by atoms with van der Waals surface area (Å²) in [5.74, 6) is -0.00182. The van der Waals surface area contributed by atoms with Crippen LogP contribution in [0.15, 0.2) is 42.7 Å². The van der Waals surface area contributed by atoms with Crippen molar-refractivity contribution in [2.45, 2.75) is 25.9 Å². The van der Waals surface area contributed by atoms with Gasteiger partial charge in [-0.05, 0) is 31.0 Å². The van der Waals surface area contributed by atoms with Gasteiger partial charge < -0.3 is 10.2 Å². The van der Waals surface area contributed by atoms with Crippen LogP contribution in [-0.2, 0) is 17.8 Å². The number of nitrogens with zero attached hydrogens (tertiary/aromatic N) is 3. The van der Waals surface area contributed by atoms with Gasteiger partial charge in [0, 0.05) is 37.2 Å². The molecule has 21 heavy (non-hydrogen) atoms. The summed E-state index contributed by atoms with van der Waals surface area (Å²) in [6.07, 6.45) is 4.55. The molecule has 0 saturated carbocycles. The summed E-state index contributed by atoms with van der Waals surface area (Å²) < 4.78 is 1.63. The summed E-state index contributed by atoms with van der Waals surface area (Å²) in [6.45, 7) is 4.09. The van der Waals surface area contributed by atoms with Crippen LogP contribution in [0, 0.1) is 0 Å². The number of anilines is 1. The maximum Gasteiger partial charge on any atom is 0.241 e. The van der Waals surface area contributed by atoms with Gasteiger partial charge in [0.05, 0.1) is 0 Å². The van der Waals surface area contributed by atoms with Crippen molar-refractivity contribution in [2.24, 2.45) is 0 Å². The van der Waals surface area contributed by atoms with Crippen LogP contribution < -0.4 is 10.2 Å². The zero-order chi connectivity index (χ0) is 14.7. The number of carbonyl (C=O) groups is 1. The summed E-state index contributed by atoms with van der Waals surface area (Å²) >= 11 is 0. The maximum atomic E-state index is 11.9. The van der Waals surface area contributed by atoms with Crippen molar-refractivity contribution >= 4 is 11.6 Å². The molecule has 1 unspecified atom stereocenters. The lowest BCUT2D eigenvalue weighted by Gasteiger charge is -2.27. The standard InChI is InChI=1S/C16H20N4O/c1-13(11-17-16(21)12-19-9-4-8-18-19)20-10-7-14-5-2-3-6-15(14)20/h2-6,8-9,13H,7,10-12H2,1H3,(H,17,21). The van der Waals surface area contributed by atoms with E-state index in [2.05, 4.69) is 46.5 Å². The molecule has 1 atom stereocenters. The highest BCUT2D eigenvalue weighted by Crippen LogP contribution is 2.28. The Hall–Kier alpha value is -2.30. The van der Waals surface area contributed by atoms with E-state index in [1.807, 2.05) is 6.07 Å². The van der Waals surface area contributed by atoms with Gasteiger partial charge in [0.15, 0.2) is 0 Å². The zero-order valence-electron chi connectivity index (χ0n) is 12.2. The van der Waals surface area contributed by atoms with Crippen molar-refractivity contribution in [3.05, 3.63) is 48.3 Å². The molecule has 2 aromatic rings. The van der Waals surface area contributed by atoms with Crippen LogP contribution in [0.5, 0.6) is 0 Å². The Morgan fingerprint density at radius 2 is 2.24 bits per heavy atom. The van der Waals surface area contributed by atoms with Gasteiger partial charge in [-0.25, -0.2) is 0 Å². The van der Waals surface area contributed by atoms with E-state index in [4.69, 9.17) is 0 Å². The fourth-order valence-corrected chi connectivity index (χ4v) is 2.79. The van der Waals surface area contributed by atoms with E-state index in [-0.39, 0.29) is 18.5 Å². The van der Waals surface area contributed by atoms with Crippen LogP contribution in [0.4, 0.5) is 5.69 Å². The summed E-state index contributed by atoms with van der Waals surface area (Å²) in [7, 11) is 0. The number of benzene rings is 1. The lowest BCUT2D eigenvalue weighted by Crippen LogP contribution is -2.42. The Labute approximate surface area is 124 Å². The van der Waals surface area contributed by atoms with Crippen molar-refractivity contribution in [2.75, 3.05) is 18.0 Å². The molecule has 0 spiro atoms. The first-order valence-corrected chi connectivity index (χ1v) is 7.33. The number of carbonyl (C=O) groups excluding carboxylic acids is 1. The summed E-state index contributed by atoms with van der Waals surface area (Å²) in [6, 6.07) is 10.6. The summed E-state index contributed by atoms with van der Waals surface area (Å²) in [4.78, 5) is 14.2. The van der Waals surface area contributed by atoms with E-state index in [0.717, 1.165) is 13.0 Å². The third kappa shape index (κ3) is 3.07. The van der Waals surface area contributed by atoms with Gasteiger partial charge in [-0.1, -0.05) is 18.2 Å². The van der Waals surface area contributed by atoms with Crippen molar-refractivity contribution in [1.82, 2.24) is 15.1 Å². The molecule has 0 radical (unpaired) electrons. The molecular formula is C16H20N4O. The third-order valence-electron chi connectivity index (χ3n) is 3.91. The molecule has 1 aromatic heterocycles. The molecule has 1 aromatic carbocycles. The smallest absolute Gasteiger partial charge is 0.241 e. The van der Waals surface area contributed by atoms with Gasteiger partial charge >= 0.3 is 0 Å². The number of amides is 1. The Morgan fingerprint density at radius 3 is 3.05 bits per heavy atom. The minimum Gasteiger partial charge on any atom is -0.366 e. The number of para-hydroxylation sites is 1. The average Bonchev–Trinajstić information content (AvgIpc) is 3.13. The minimum absolute atomic E-state index is 0.00182. The monoisotopic (exact) mass is 284 g/mol. The Kier molecular flexibility index (Phi) is 3.90. The van der Waals surface area contributed by atoms with Crippen LogP contribution in [0.2, 0.25) is 0 Å². The Bertz CT molecular complexity index is 608. The normalized spacial score (nSPS) is 14.8. The number of aromatic nitrogens is 2. The quantitative estimate of drug-likeness (QED) is 0.904. The van der Waals surface area contributed by atoms with Crippen LogP contribution in [0.25, 0.3) is 0 Å². The van der Waals surface area contributed by atoms with E-state index in [0.29, 0.717) is 6.54 Å². The number of hydrogen-bond donors (Lipinski definition) is 1. The SMILES string of the molecule is CC(CNC(=O)Cn1cccn1)N1CCc2ccccc21. The first-order chi connectivity index (χ1) is 10.2. The predicted octanol–water partition coefficient (Wildman–Crippen LogP) is 1.45. The van der Waals surface area contributed by atoms with Crippen molar-refractivity contribution in [1.29, 1.82) is 0 Å². The van der Waals surface area contributed by atoms with E-state index in [9.17, 15) is 4.79 Å². The van der Waals surface area contributed by atoms with E-state index in [1.165, 1.54) is 11.3 Å². The number of fused-ring (bicyclic) bond motifs is 1. The molecule has 0 aliphatic carbocycles. The first-order valence-electron chi connectivity index (χ1n) is 7.33. The molecule has 110 valence electrons. The largest absolute Gasteiger partial charge is 0.366 e. The van der Waals surface area contributed by atoms with Gasteiger partial charge in [0.2, 0.25) is 5.91 Å². The molecule has 0 bridgehead atoms. The summed E-state index contributed by atoms with van der Waals surface area (Å²) in [5, 5.41) is 7.02. The predicted molar refractivity (Wildman–Crippen MR) is 82.2 cm³/mol. The molecule has 1 aliphatic rings. The highest BCUT2D eigenvalue weighted by atomic mass is 16.2. The molecule has 5 nitrogen and oxygen atoms in total. The second-order valence-corrected chi connectivity index (χ2v) is 5.43. The molecule has 0 saturated heterocycles. The first kappa shape index (κ1) is 13.7. The lowest BCUT2D eigenvalue weighted by molar-refractivity contribution is -0.121. The highest BCUT2D eigenvalue weighted by molar-refractivity contribution is 5.75. The highest BCUT2D eigenvalue weighted by Gasteiger charge is 2.22. The second-order valence-electron chi connectivity index (χ2n) is 5.43. The topological polar surface area (TPSA) is 50.2 Å². The Morgan fingerprint density at radius 1 is 1.38 bits per heavy atom. The molecule has 2 heterocycles. The summed E-state index contributed by atoms with van der Waals surface area (Å²) in [5.41, 5.74) is 2.69. The maximum absolute atomic E-state index is 11.9. The van der Waals surface area contributed by atoms with Crippen LogP contribution in [0.3, 0.4) is 0 Å². The van der Waals surface area contributed by atoms with E-state index >= 15 is 0 Å². The molecule has 1 N–H and O–H groups in total. The van der Waals surface area contributed by atoms with Gasteiger partial charge in [0.1, 0.15) is 6.54 Å². The molecule has 1 aliphatic heterocycles. The average molecular weight is 284 g/mol.